The Morgan fingerprint density at radius 1 is 1.50 bits per heavy atom. The average molecular weight is 263 g/mol. The van der Waals surface area contributed by atoms with Crippen molar-refractivity contribution < 1.29 is 4.57 Å². The summed E-state index contributed by atoms with van der Waals surface area (Å²) in [6.07, 6.45) is 7.72. The molecule has 96 valence electrons. The van der Waals surface area contributed by atoms with E-state index in [9.17, 15) is 0 Å². The summed E-state index contributed by atoms with van der Waals surface area (Å²) in [7, 11) is 2.07. The van der Waals surface area contributed by atoms with Gasteiger partial charge in [0, 0.05) is 17.8 Å². The van der Waals surface area contributed by atoms with Gasteiger partial charge in [-0.05, 0) is 31.5 Å². The van der Waals surface area contributed by atoms with Gasteiger partial charge in [0.25, 0.3) is 0 Å². The first-order valence-electron chi connectivity index (χ1n) is 6.14. The highest BCUT2D eigenvalue weighted by Crippen LogP contribution is 2.30. The lowest BCUT2D eigenvalue weighted by atomic mass is 9.89. The summed E-state index contributed by atoms with van der Waals surface area (Å²) in [5.74, 6) is 0.367. The van der Waals surface area contributed by atoms with E-state index in [0.29, 0.717) is 5.92 Å². The first-order valence-corrected chi connectivity index (χ1v) is 6.55. The molecular formula is C13H19N4S+. The first-order chi connectivity index (χ1) is 8.68. The van der Waals surface area contributed by atoms with Crippen molar-refractivity contribution in [3.63, 3.8) is 0 Å². The Labute approximate surface area is 113 Å². The van der Waals surface area contributed by atoms with E-state index in [4.69, 9.17) is 18.0 Å². The zero-order valence-electron chi connectivity index (χ0n) is 10.5. The van der Waals surface area contributed by atoms with Crippen molar-refractivity contribution >= 4 is 17.3 Å². The fraction of sp³-hybridized carbons (Fsp3) is 0.385. The molecule has 18 heavy (non-hydrogen) atoms. The molecule has 1 heterocycles. The Hall–Kier alpha value is -1.62. The van der Waals surface area contributed by atoms with Crippen LogP contribution in [0.2, 0.25) is 0 Å². The fourth-order valence-corrected chi connectivity index (χ4v) is 2.41. The van der Waals surface area contributed by atoms with Crippen LogP contribution in [0.4, 0.5) is 0 Å². The average Bonchev–Trinajstić information content (AvgIpc) is 2.37. The van der Waals surface area contributed by atoms with Crippen molar-refractivity contribution in [2.75, 3.05) is 0 Å². The molecule has 0 unspecified atom stereocenters. The van der Waals surface area contributed by atoms with Gasteiger partial charge in [-0.2, -0.15) is 0 Å². The standard InChI is InChI=1S/C13H18N4S/c1-17-9-5-4-8-12(17)10-6-2-3-7-11(10)15-16-13(14)18/h4-5,7-10,15H,2-3,6H2,1H3,(H2-,14,16,18)/p+1/t10-/m1/s1. The van der Waals surface area contributed by atoms with Gasteiger partial charge in [-0.3, -0.25) is 5.43 Å². The van der Waals surface area contributed by atoms with Crippen LogP contribution < -0.4 is 21.2 Å². The first kappa shape index (κ1) is 12.8. The van der Waals surface area contributed by atoms with Crippen LogP contribution in [0.15, 0.2) is 36.2 Å². The number of hydrogen-bond acceptors (Lipinski definition) is 2. The van der Waals surface area contributed by atoms with Gasteiger partial charge in [-0.25, -0.2) is 4.57 Å². The van der Waals surface area contributed by atoms with Crippen LogP contribution >= 0.6 is 12.2 Å². The Morgan fingerprint density at radius 3 is 3.06 bits per heavy atom. The molecule has 5 heteroatoms. The monoisotopic (exact) mass is 263 g/mol. The van der Waals surface area contributed by atoms with E-state index in [1.54, 1.807) is 0 Å². The minimum absolute atomic E-state index is 0.262. The van der Waals surface area contributed by atoms with Gasteiger partial charge in [-0.15, -0.1) is 0 Å². The zero-order chi connectivity index (χ0) is 13.0. The highest BCUT2D eigenvalue weighted by Gasteiger charge is 2.26. The number of hydrogen-bond donors (Lipinski definition) is 3. The van der Waals surface area contributed by atoms with Crippen LogP contribution in [0.25, 0.3) is 0 Å². The highest BCUT2D eigenvalue weighted by molar-refractivity contribution is 7.80. The maximum atomic E-state index is 5.45. The summed E-state index contributed by atoms with van der Waals surface area (Å²) in [5.41, 5.74) is 13.8. The van der Waals surface area contributed by atoms with E-state index in [1.807, 2.05) is 6.07 Å². The molecular weight excluding hydrogens is 244 g/mol. The van der Waals surface area contributed by atoms with Crippen molar-refractivity contribution in [3.05, 3.63) is 41.9 Å². The number of thiocarbonyl (C=S) groups is 1. The smallest absolute Gasteiger partial charge is 0.190 e. The molecule has 1 aliphatic carbocycles. The van der Waals surface area contributed by atoms with Crippen molar-refractivity contribution in [2.24, 2.45) is 12.8 Å². The van der Waals surface area contributed by atoms with Gasteiger partial charge in [0.1, 0.15) is 7.05 Å². The van der Waals surface area contributed by atoms with Gasteiger partial charge in [-0.1, -0.05) is 12.1 Å². The molecule has 1 aliphatic rings. The fourth-order valence-electron chi connectivity index (χ4n) is 2.35. The second-order valence-electron chi connectivity index (χ2n) is 4.49. The number of allylic oxidation sites excluding steroid dienone is 2. The normalized spacial score (nSPS) is 18.9. The molecule has 0 saturated heterocycles. The molecule has 0 spiro atoms. The molecule has 0 bridgehead atoms. The molecule has 0 saturated carbocycles. The molecule has 4 N–H and O–H groups in total. The summed E-state index contributed by atoms with van der Waals surface area (Å²) < 4.78 is 2.16. The molecule has 0 aromatic carbocycles. The molecule has 1 aromatic rings. The molecule has 1 aromatic heterocycles. The molecule has 0 aliphatic heterocycles. The lowest BCUT2D eigenvalue weighted by Gasteiger charge is -2.23. The van der Waals surface area contributed by atoms with Crippen LogP contribution in [0.5, 0.6) is 0 Å². The third-order valence-electron chi connectivity index (χ3n) is 3.22. The number of hydrazine groups is 1. The van der Waals surface area contributed by atoms with E-state index < -0.39 is 0 Å². The number of rotatable bonds is 3. The largest absolute Gasteiger partial charge is 0.375 e. The number of nitrogens with one attached hydrogen (secondary N) is 2. The summed E-state index contributed by atoms with van der Waals surface area (Å²) in [4.78, 5) is 0. The Balaban J connectivity index is 2.20. The van der Waals surface area contributed by atoms with E-state index in [0.717, 1.165) is 18.5 Å². The summed E-state index contributed by atoms with van der Waals surface area (Å²) in [6.45, 7) is 0. The third-order valence-corrected chi connectivity index (χ3v) is 3.32. The molecule has 4 nitrogen and oxygen atoms in total. The van der Waals surface area contributed by atoms with Gasteiger partial charge >= 0.3 is 0 Å². The number of aryl methyl sites for hydroxylation is 1. The Kier molecular flexibility index (Phi) is 4.15. The topological polar surface area (TPSA) is 54.0 Å². The lowest BCUT2D eigenvalue weighted by molar-refractivity contribution is -0.680. The van der Waals surface area contributed by atoms with E-state index >= 15 is 0 Å². The van der Waals surface area contributed by atoms with E-state index in [2.05, 4.69) is 46.9 Å². The summed E-state index contributed by atoms with van der Waals surface area (Å²) in [6, 6.07) is 6.27. The summed E-state index contributed by atoms with van der Waals surface area (Å²) in [5, 5.41) is 0.262. The quantitative estimate of drug-likeness (QED) is 0.433. The zero-order valence-corrected chi connectivity index (χ0v) is 11.3. The van der Waals surface area contributed by atoms with Crippen LogP contribution in [0.3, 0.4) is 0 Å². The second kappa shape index (κ2) is 5.82. The number of pyridine rings is 1. The van der Waals surface area contributed by atoms with E-state index in [-0.39, 0.29) is 5.11 Å². The predicted molar refractivity (Wildman–Crippen MR) is 75.3 cm³/mol. The molecule has 1 atom stereocenters. The van der Waals surface area contributed by atoms with Crippen molar-refractivity contribution in [1.29, 1.82) is 0 Å². The molecule has 0 radical (unpaired) electrons. The van der Waals surface area contributed by atoms with Crippen LogP contribution in [0.1, 0.15) is 30.9 Å². The van der Waals surface area contributed by atoms with E-state index in [1.165, 1.54) is 12.1 Å². The highest BCUT2D eigenvalue weighted by atomic mass is 32.1. The molecule has 0 fully saturated rings. The van der Waals surface area contributed by atoms with Crippen molar-refractivity contribution in [3.8, 4) is 0 Å². The minimum Gasteiger partial charge on any atom is -0.375 e. The van der Waals surface area contributed by atoms with Crippen LogP contribution in [0, 0.1) is 0 Å². The minimum atomic E-state index is 0.262. The number of nitrogens with two attached hydrogens (primary N) is 1. The Bertz CT molecular complexity index is 470. The SMILES string of the molecule is C[n+]1ccccc1[C@@H]1CCCC=C1NNC(N)=S. The molecule has 0 amide bonds. The van der Waals surface area contributed by atoms with Gasteiger partial charge in [0.2, 0.25) is 0 Å². The maximum absolute atomic E-state index is 5.45. The summed E-state index contributed by atoms with van der Waals surface area (Å²) >= 11 is 4.82. The van der Waals surface area contributed by atoms with Crippen molar-refractivity contribution in [2.45, 2.75) is 25.2 Å². The van der Waals surface area contributed by atoms with Crippen LogP contribution in [-0.2, 0) is 7.05 Å². The van der Waals surface area contributed by atoms with Gasteiger partial charge in [0.05, 0.1) is 5.92 Å². The number of nitrogens with zero attached hydrogens (tertiary/aromatic N) is 1. The van der Waals surface area contributed by atoms with Crippen LogP contribution in [-0.4, -0.2) is 5.11 Å². The third kappa shape index (κ3) is 2.98. The molecule has 2 rings (SSSR count). The Morgan fingerprint density at radius 2 is 2.33 bits per heavy atom. The number of aromatic nitrogens is 1. The predicted octanol–water partition coefficient (Wildman–Crippen LogP) is 1.00. The lowest BCUT2D eigenvalue weighted by Crippen LogP contribution is -2.44. The van der Waals surface area contributed by atoms with Crippen molar-refractivity contribution in [1.82, 2.24) is 10.9 Å². The van der Waals surface area contributed by atoms with Gasteiger partial charge in [0.15, 0.2) is 17.0 Å². The second-order valence-corrected chi connectivity index (χ2v) is 4.93. The maximum Gasteiger partial charge on any atom is 0.190 e. The van der Waals surface area contributed by atoms with Gasteiger partial charge < -0.3 is 11.2 Å².